The SMILES string of the molecule is O=C(NCc1ccncc1)c1cnn2c1CN(CCF)S(=O)(=O)c1ccccc1-2. The molecular formula is C19H18FN5O3S. The number of para-hydroxylation sites is 1. The first-order valence-corrected chi connectivity index (χ1v) is 10.4. The highest BCUT2D eigenvalue weighted by Crippen LogP contribution is 2.30. The Morgan fingerprint density at radius 2 is 1.93 bits per heavy atom. The fourth-order valence-electron chi connectivity index (χ4n) is 3.24. The molecule has 1 N–H and O–H groups in total. The summed E-state index contributed by atoms with van der Waals surface area (Å²) in [5.74, 6) is -0.389. The number of benzene rings is 1. The molecule has 0 unspecified atom stereocenters. The average molecular weight is 415 g/mol. The van der Waals surface area contributed by atoms with Gasteiger partial charge in [0.1, 0.15) is 11.6 Å². The van der Waals surface area contributed by atoms with Gasteiger partial charge in [-0.15, -0.1) is 0 Å². The molecule has 1 aliphatic rings. The van der Waals surface area contributed by atoms with Crippen molar-refractivity contribution >= 4 is 15.9 Å². The van der Waals surface area contributed by atoms with Gasteiger partial charge in [-0.2, -0.15) is 9.40 Å². The van der Waals surface area contributed by atoms with Gasteiger partial charge in [0.25, 0.3) is 5.91 Å². The van der Waals surface area contributed by atoms with Crippen LogP contribution in [0.2, 0.25) is 0 Å². The predicted molar refractivity (Wildman–Crippen MR) is 103 cm³/mol. The smallest absolute Gasteiger partial charge is 0.255 e. The van der Waals surface area contributed by atoms with E-state index in [2.05, 4.69) is 15.4 Å². The maximum atomic E-state index is 13.1. The summed E-state index contributed by atoms with van der Waals surface area (Å²) in [6.45, 7) is -1.01. The molecule has 0 fully saturated rings. The summed E-state index contributed by atoms with van der Waals surface area (Å²) in [4.78, 5) is 16.7. The van der Waals surface area contributed by atoms with Gasteiger partial charge < -0.3 is 5.32 Å². The lowest BCUT2D eigenvalue weighted by molar-refractivity contribution is 0.0949. The zero-order valence-electron chi connectivity index (χ0n) is 15.3. The van der Waals surface area contributed by atoms with Crippen LogP contribution in [0.5, 0.6) is 0 Å². The number of halogens is 1. The van der Waals surface area contributed by atoms with Crippen LogP contribution in [0.25, 0.3) is 5.69 Å². The van der Waals surface area contributed by atoms with Gasteiger partial charge in [-0.25, -0.2) is 17.5 Å². The second-order valence-corrected chi connectivity index (χ2v) is 8.36. The highest BCUT2D eigenvalue weighted by molar-refractivity contribution is 7.89. The minimum absolute atomic E-state index is 0.0269. The third-order valence-corrected chi connectivity index (χ3v) is 6.58. The number of carbonyl (C=O) groups excluding carboxylic acids is 1. The van der Waals surface area contributed by atoms with Crippen LogP contribution in [-0.2, 0) is 23.1 Å². The van der Waals surface area contributed by atoms with Crippen LogP contribution in [0.3, 0.4) is 0 Å². The van der Waals surface area contributed by atoms with Crippen molar-refractivity contribution in [2.75, 3.05) is 13.2 Å². The van der Waals surface area contributed by atoms with Gasteiger partial charge in [0.2, 0.25) is 10.0 Å². The standard InChI is InChI=1S/C19H18FN5O3S/c20-7-10-24-13-17-15(19(26)22-11-14-5-8-21-9-6-14)12-23-25(17)16-3-1-2-4-18(16)29(24,27)28/h1-6,8-9,12H,7,10-11,13H2,(H,22,26). The van der Waals surface area contributed by atoms with Crippen molar-refractivity contribution in [1.82, 2.24) is 24.4 Å². The Balaban J connectivity index is 1.72. The van der Waals surface area contributed by atoms with Gasteiger partial charge >= 0.3 is 0 Å². The molecule has 3 heterocycles. The average Bonchev–Trinajstić information content (AvgIpc) is 3.12. The number of hydrogen-bond acceptors (Lipinski definition) is 5. The van der Waals surface area contributed by atoms with Gasteiger partial charge in [-0.05, 0) is 29.8 Å². The topological polar surface area (TPSA) is 97.2 Å². The zero-order chi connectivity index (χ0) is 20.4. The number of nitrogens with one attached hydrogen (secondary N) is 1. The Morgan fingerprint density at radius 3 is 2.69 bits per heavy atom. The van der Waals surface area contributed by atoms with Crippen LogP contribution in [0.15, 0.2) is 59.9 Å². The fourth-order valence-corrected chi connectivity index (χ4v) is 4.79. The molecule has 1 aromatic carbocycles. The summed E-state index contributed by atoms with van der Waals surface area (Å²) in [6.07, 6.45) is 4.66. The Morgan fingerprint density at radius 1 is 1.17 bits per heavy atom. The minimum atomic E-state index is -3.92. The van der Waals surface area contributed by atoms with Crippen molar-refractivity contribution < 1.29 is 17.6 Å². The van der Waals surface area contributed by atoms with Crippen LogP contribution >= 0.6 is 0 Å². The van der Waals surface area contributed by atoms with Crippen molar-refractivity contribution in [2.24, 2.45) is 0 Å². The monoisotopic (exact) mass is 415 g/mol. The van der Waals surface area contributed by atoms with Crippen molar-refractivity contribution in [3.8, 4) is 5.69 Å². The Labute approximate surface area is 167 Å². The molecule has 1 amide bonds. The molecule has 0 aliphatic carbocycles. The molecule has 4 rings (SSSR count). The number of rotatable bonds is 5. The van der Waals surface area contributed by atoms with E-state index in [1.54, 1.807) is 42.7 Å². The number of aromatic nitrogens is 3. The van der Waals surface area contributed by atoms with Crippen LogP contribution in [-0.4, -0.2) is 46.6 Å². The van der Waals surface area contributed by atoms with Gasteiger partial charge in [-0.1, -0.05) is 12.1 Å². The Bertz CT molecular complexity index is 1150. The summed E-state index contributed by atoms with van der Waals surface area (Å²) in [5.41, 5.74) is 1.84. The number of alkyl halides is 1. The summed E-state index contributed by atoms with van der Waals surface area (Å²) >= 11 is 0. The Kier molecular flexibility index (Phi) is 5.12. The van der Waals surface area contributed by atoms with Gasteiger partial charge in [-0.3, -0.25) is 9.78 Å². The predicted octanol–water partition coefficient (Wildman–Crippen LogP) is 1.67. The number of carbonyl (C=O) groups is 1. The van der Waals surface area contributed by atoms with E-state index in [1.165, 1.54) is 16.9 Å². The number of sulfonamides is 1. The summed E-state index contributed by atoms with van der Waals surface area (Å²) in [6, 6.07) is 9.92. The van der Waals surface area contributed by atoms with E-state index >= 15 is 0 Å². The number of pyridine rings is 1. The molecule has 29 heavy (non-hydrogen) atoms. The van der Waals surface area contributed by atoms with Crippen molar-refractivity contribution in [3.63, 3.8) is 0 Å². The van der Waals surface area contributed by atoms with Crippen LogP contribution in [0.1, 0.15) is 21.6 Å². The number of amides is 1. The second-order valence-electron chi connectivity index (χ2n) is 6.45. The molecule has 0 atom stereocenters. The third kappa shape index (κ3) is 3.52. The summed E-state index contributed by atoms with van der Waals surface area (Å²) < 4.78 is 41.5. The molecule has 1 aliphatic heterocycles. The van der Waals surface area contributed by atoms with Gasteiger partial charge in [0, 0.05) is 25.5 Å². The van der Waals surface area contributed by atoms with E-state index in [-0.39, 0.29) is 36.0 Å². The molecule has 2 aromatic heterocycles. The molecule has 8 nitrogen and oxygen atoms in total. The third-order valence-electron chi connectivity index (χ3n) is 4.69. The summed E-state index contributed by atoms with van der Waals surface area (Å²) in [7, 11) is -3.92. The molecule has 0 saturated heterocycles. The zero-order valence-corrected chi connectivity index (χ0v) is 16.1. The number of fused-ring (bicyclic) bond motifs is 3. The highest BCUT2D eigenvalue weighted by Gasteiger charge is 2.34. The van der Waals surface area contributed by atoms with Gasteiger partial charge in [0.15, 0.2) is 0 Å². The lowest BCUT2D eigenvalue weighted by Crippen LogP contribution is -2.32. The second kappa shape index (κ2) is 7.72. The van der Waals surface area contributed by atoms with Crippen molar-refractivity contribution in [2.45, 2.75) is 18.0 Å². The molecule has 0 saturated carbocycles. The lowest BCUT2D eigenvalue weighted by atomic mass is 10.2. The lowest BCUT2D eigenvalue weighted by Gasteiger charge is -2.18. The largest absolute Gasteiger partial charge is 0.348 e. The quantitative estimate of drug-likeness (QED) is 0.684. The first-order valence-electron chi connectivity index (χ1n) is 8.92. The van der Waals surface area contributed by atoms with E-state index in [4.69, 9.17) is 0 Å². The molecule has 0 bridgehead atoms. The van der Waals surface area contributed by atoms with Gasteiger partial charge in [0.05, 0.1) is 29.7 Å². The first kappa shape index (κ1) is 19.2. The molecule has 3 aromatic rings. The van der Waals surface area contributed by atoms with Crippen molar-refractivity contribution in [1.29, 1.82) is 0 Å². The van der Waals surface area contributed by atoms with Crippen molar-refractivity contribution in [3.05, 3.63) is 71.8 Å². The maximum absolute atomic E-state index is 13.1. The highest BCUT2D eigenvalue weighted by atomic mass is 32.2. The minimum Gasteiger partial charge on any atom is -0.348 e. The summed E-state index contributed by atoms with van der Waals surface area (Å²) in [5, 5.41) is 7.06. The molecule has 0 radical (unpaired) electrons. The normalized spacial score (nSPS) is 15.2. The van der Waals surface area contributed by atoms with E-state index in [9.17, 15) is 17.6 Å². The molecular weight excluding hydrogens is 397 g/mol. The van der Waals surface area contributed by atoms with Crippen LogP contribution in [0, 0.1) is 0 Å². The molecule has 10 heteroatoms. The Hall–Kier alpha value is -3.11. The number of hydrogen-bond donors (Lipinski definition) is 1. The maximum Gasteiger partial charge on any atom is 0.255 e. The first-order chi connectivity index (χ1) is 14.0. The van der Waals surface area contributed by atoms with E-state index in [0.29, 0.717) is 11.4 Å². The van der Waals surface area contributed by atoms with E-state index in [1.807, 2.05) is 0 Å². The van der Waals surface area contributed by atoms with Crippen LogP contribution in [0.4, 0.5) is 4.39 Å². The van der Waals surface area contributed by atoms with E-state index < -0.39 is 16.7 Å². The number of nitrogens with zero attached hydrogens (tertiary/aromatic N) is 4. The van der Waals surface area contributed by atoms with E-state index in [0.717, 1.165) is 9.87 Å². The molecule has 150 valence electrons. The molecule has 0 spiro atoms. The van der Waals surface area contributed by atoms with Crippen LogP contribution < -0.4 is 5.32 Å². The fraction of sp³-hybridized carbons (Fsp3) is 0.211.